The number of nitrogens with zero attached hydrogens (tertiary/aromatic N) is 2. The molecular formula is C17H23N3S. The van der Waals surface area contributed by atoms with Crippen LogP contribution in [0, 0.1) is 30.6 Å². The maximum atomic E-state index is 4.66. The van der Waals surface area contributed by atoms with Gasteiger partial charge >= 0.3 is 0 Å². The van der Waals surface area contributed by atoms with Gasteiger partial charge in [-0.1, -0.05) is 6.42 Å². The van der Waals surface area contributed by atoms with Crippen LogP contribution in [0.1, 0.15) is 43.5 Å². The Morgan fingerprint density at radius 1 is 1.29 bits per heavy atom. The molecule has 5 atom stereocenters. The van der Waals surface area contributed by atoms with Crippen LogP contribution in [-0.2, 0) is 6.54 Å². The van der Waals surface area contributed by atoms with Crippen molar-refractivity contribution in [2.75, 3.05) is 0 Å². The lowest BCUT2D eigenvalue weighted by molar-refractivity contribution is 0.207. The van der Waals surface area contributed by atoms with Crippen LogP contribution in [0.25, 0.3) is 4.96 Å². The van der Waals surface area contributed by atoms with Crippen LogP contribution >= 0.6 is 11.3 Å². The number of hydrogen-bond acceptors (Lipinski definition) is 3. The molecule has 3 fully saturated rings. The van der Waals surface area contributed by atoms with Crippen molar-refractivity contribution >= 4 is 16.3 Å². The number of rotatable bonds is 3. The minimum Gasteiger partial charge on any atom is -0.308 e. The molecule has 0 aromatic carbocycles. The molecule has 0 aliphatic heterocycles. The number of aromatic nitrogens is 2. The van der Waals surface area contributed by atoms with Gasteiger partial charge in [-0.2, -0.15) is 0 Å². The van der Waals surface area contributed by atoms with Crippen molar-refractivity contribution in [3.8, 4) is 0 Å². The number of hydrogen-bond donors (Lipinski definition) is 1. The van der Waals surface area contributed by atoms with Gasteiger partial charge in [0.25, 0.3) is 0 Å². The summed E-state index contributed by atoms with van der Waals surface area (Å²) < 4.78 is 2.26. The third kappa shape index (κ3) is 1.78. The topological polar surface area (TPSA) is 29.3 Å². The minimum absolute atomic E-state index is 0.762. The van der Waals surface area contributed by atoms with E-state index >= 15 is 0 Å². The molecule has 21 heavy (non-hydrogen) atoms. The summed E-state index contributed by atoms with van der Waals surface area (Å²) in [7, 11) is 0. The Morgan fingerprint density at radius 3 is 3.14 bits per heavy atom. The van der Waals surface area contributed by atoms with Crippen LogP contribution in [0.5, 0.6) is 0 Å². The zero-order valence-corrected chi connectivity index (χ0v) is 13.4. The first-order valence-corrected chi connectivity index (χ1v) is 9.33. The summed E-state index contributed by atoms with van der Waals surface area (Å²) in [4.78, 5) is 5.79. The summed E-state index contributed by atoms with van der Waals surface area (Å²) in [6, 6.07) is 0.762. The largest absolute Gasteiger partial charge is 0.308 e. The van der Waals surface area contributed by atoms with Crippen molar-refractivity contribution in [3.05, 3.63) is 23.0 Å². The number of aryl methyl sites for hydroxylation is 1. The zero-order valence-electron chi connectivity index (χ0n) is 12.6. The average Bonchev–Trinajstić information content (AvgIpc) is 3.22. The molecule has 0 amide bonds. The Bertz CT molecular complexity index is 673. The summed E-state index contributed by atoms with van der Waals surface area (Å²) in [6.45, 7) is 3.12. The molecule has 2 aromatic rings. The van der Waals surface area contributed by atoms with Gasteiger partial charge in [0.1, 0.15) is 0 Å². The monoisotopic (exact) mass is 301 g/mol. The second-order valence-electron chi connectivity index (χ2n) is 7.34. The summed E-state index contributed by atoms with van der Waals surface area (Å²) in [5.41, 5.74) is 2.55. The van der Waals surface area contributed by atoms with Gasteiger partial charge in [0.2, 0.25) is 0 Å². The molecule has 3 saturated carbocycles. The third-order valence-corrected chi connectivity index (χ3v) is 7.28. The highest BCUT2D eigenvalue weighted by molar-refractivity contribution is 7.15. The smallest absolute Gasteiger partial charge is 0.194 e. The Hall–Kier alpha value is -0.870. The van der Waals surface area contributed by atoms with Crippen molar-refractivity contribution in [1.29, 1.82) is 0 Å². The van der Waals surface area contributed by atoms with Crippen molar-refractivity contribution in [2.24, 2.45) is 23.7 Å². The van der Waals surface area contributed by atoms with Crippen LogP contribution in [0.3, 0.4) is 0 Å². The van der Waals surface area contributed by atoms with Crippen molar-refractivity contribution in [3.63, 3.8) is 0 Å². The molecular weight excluding hydrogens is 278 g/mol. The summed E-state index contributed by atoms with van der Waals surface area (Å²) in [5, 5.41) is 6.03. The molecule has 2 heterocycles. The molecule has 4 heteroatoms. The zero-order chi connectivity index (χ0) is 14.0. The highest BCUT2D eigenvalue weighted by Gasteiger charge is 2.53. The van der Waals surface area contributed by atoms with Gasteiger partial charge in [0.15, 0.2) is 4.96 Å². The molecule has 0 saturated heterocycles. The van der Waals surface area contributed by atoms with Gasteiger partial charge in [-0.3, -0.25) is 4.40 Å². The van der Waals surface area contributed by atoms with Crippen LogP contribution in [0.2, 0.25) is 0 Å². The minimum atomic E-state index is 0.762. The fourth-order valence-corrected chi connectivity index (χ4v) is 6.46. The molecule has 0 radical (unpaired) electrons. The predicted molar refractivity (Wildman–Crippen MR) is 85.5 cm³/mol. The lowest BCUT2D eigenvalue weighted by Gasteiger charge is -2.32. The first-order valence-electron chi connectivity index (χ1n) is 8.45. The molecule has 112 valence electrons. The summed E-state index contributed by atoms with van der Waals surface area (Å²) in [5.74, 6) is 4.14. The fraction of sp³-hybridized carbons (Fsp3) is 0.706. The van der Waals surface area contributed by atoms with E-state index in [1.165, 1.54) is 43.5 Å². The Kier molecular flexibility index (Phi) is 2.75. The summed E-state index contributed by atoms with van der Waals surface area (Å²) >= 11 is 1.73. The maximum absolute atomic E-state index is 4.66. The van der Waals surface area contributed by atoms with E-state index in [1.54, 1.807) is 11.3 Å². The SMILES string of the molecule is Cc1nc2sccn2c1CNC1CC2CC1C1CCCC21. The van der Waals surface area contributed by atoms with E-state index in [2.05, 4.69) is 33.2 Å². The quantitative estimate of drug-likeness (QED) is 0.938. The Balaban J connectivity index is 1.33. The van der Waals surface area contributed by atoms with Crippen LogP contribution in [0.4, 0.5) is 0 Å². The molecule has 3 nitrogen and oxygen atoms in total. The molecule has 5 unspecified atom stereocenters. The standard InChI is InChI=1S/C17H23N3S/c1-10-16(20-5-6-21-17(20)19-10)9-18-15-8-11-7-14(15)13-4-2-3-12(11)13/h5-6,11-15,18H,2-4,7-9H2,1H3. The molecule has 2 bridgehead atoms. The van der Waals surface area contributed by atoms with E-state index in [1.807, 2.05) is 0 Å². The second kappa shape index (κ2) is 4.56. The predicted octanol–water partition coefficient (Wildman–Crippen LogP) is 3.62. The Morgan fingerprint density at radius 2 is 2.19 bits per heavy atom. The normalized spacial score (nSPS) is 37.7. The number of imidazole rings is 1. The van der Waals surface area contributed by atoms with Crippen LogP contribution < -0.4 is 5.32 Å². The van der Waals surface area contributed by atoms with Gasteiger partial charge < -0.3 is 5.32 Å². The molecule has 5 rings (SSSR count). The van der Waals surface area contributed by atoms with Crippen LogP contribution in [0.15, 0.2) is 11.6 Å². The highest BCUT2D eigenvalue weighted by Crippen LogP contribution is 2.58. The third-order valence-electron chi connectivity index (χ3n) is 6.52. The first kappa shape index (κ1) is 12.7. The summed E-state index contributed by atoms with van der Waals surface area (Å²) in [6.07, 6.45) is 9.61. The van der Waals surface area contributed by atoms with Crippen molar-refractivity contribution in [1.82, 2.24) is 14.7 Å². The number of nitrogens with one attached hydrogen (secondary N) is 1. The van der Waals surface area contributed by atoms with E-state index in [9.17, 15) is 0 Å². The average molecular weight is 301 g/mol. The first-order chi connectivity index (χ1) is 10.3. The molecule has 1 N–H and O–H groups in total. The molecule has 0 spiro atoms. The molecule has 2 aromatic heterocycles. The second-order valence-corrected chi connectivity index (χ2v) is 8.21. The highest BCUT2D eigenvalue weighted by atomic mass is 32.1. The van der Waals surface area contributed by atoms with Crippen molar-refractivity contribution < 1.29 is 0 Å². The number of fused-ring (bicyclic) bond motifs is 6. The van der Waals surface area contributed by atoms with E-state index in [0.29, 0.717) is 0 Å². The van der Waals surface area contributed by atoms with Gasteiger partial charge in [-0.15, -0.1) is 11.3 Å². The lowest BCUT2D eigenvalue weighted by atomic mass is 9.79. The van der Waals surface area contributed by atoms with E-state index in [4.69, 9.17) is 0 Å². The Labute approximate surface area is 129 Å². The maximum Gasteiger partial charge on any atom is 0.194 e. The molecule has 3 aliphatic carbocycles. The molecule has 3 aliphatic rings. The fourth-order valence-electron chi connectivity index (χ4n) is 5.68. The van der Waals surface area contributed by atoms with Gasteiger partial charge in [-0.05, 0) is 56.3 Å². The van der Waals surface area contributed by atoms with E-state index in [0.717, 1.165) is 41.2 Å². The van der Waals surface area contributed by atoms with Crippen molar-refractivity contribution in [2.45, 2.75) is 51.6 Å². The van der Waals surface area contributed by atoms with E-state index < -0.39 is 0 Å². The van der Waals surface area contributed by atoms with Gasteiger partial charge in [0.05, 0.1) is 11.4 Å². The van der Waals surface area contributed by atoms with Crippen LogP contribution in [-0.4, -0.2) is 15.4 Å². The lowest BCUT2D eigenvalue weighted by Crippen LogP contribution is -2.39. The van der Waals surface area contributed by atoms with Gasteiger partial charge in [-0.25, -0.2) is 4.98 Å². The van der Waals surface area contributed by atoms with Gasteiger partial charge in [0, 0.05) is 24.2 Å². The van der Waals surface area contributed by atoms with E-state index in [-0.39, 0.29) is 0 Å². The number of thiazole rings is 1.